The van der Waals surface area contributed by atoms with E-state index in [9.17, 15) is 0 Å². The van der Waals surface area contributed by atoms with E-state index < -0.39 is 0 Å². The lowest BCUT2D eigenvalue weighted by Crippen LogP contribution is -2.18. The van der Waals surface area contributed by atoms with Crippen molar-refractivity contribution >= 4 is 0 Å². The van der Waals surface area contributed by atoms with Crippen LogP contribution < -0.4 is 10.1 Å². The number of nitrogens with zero attached hydrogens (tertiary/aromatic N) is 1. The Balaban J connectivity index is 2.04. The van der Waals surface area contributed by atoms with Crippen LogP contribution in [-0.2, 0) is 17.9 Å². The maximum Gasteiger partial charge on any atom is 0.124 e. The minimum Gasteiger partial charge on any atom is -0.496 e. The molecule has 0 radical (unpaired) electrons. The Morgan fingerprint density at radius 1 is 1.24 bits per heavy atom. The highest BCUT2D eigenvalue weighted by atomic mass is 16.5. The van der Waals surface area contributed by atoms with Gasteiger partial charge in [0.1, 0.15) is 5.75 Å². The lowest BCUT2D eigenvalue weighted by Gasteiger charge is -2.17. The number of benzene rings is 1. The van der Waals surface area contributed by atoms with Crippen LogP contribution >= 0.6 is 0 Å². The molecule has 0 spiro atoms. The van der Waals surface area contributed by atoms with E-state index in [4.69, 9.17) is 9.47 Å². The molecule has 0 bridgehead atoms. The summed E-state index contributed by atoms with van der Waals surface area (Å²) in [4.78, 5) is 4.12. The smallest absolute Gasteiger partial charge is 0.124 e. The molecule has 1 aromatic heterocycles. The molecule has 0 saturated heterocycles. The molecule has 0 saturated carbocycles. The quantitative estimate of drug-likeness (QED) is 0.849. The molecule has 0 fully saturated rings. The predicted molar refractivity (Wildman–Crippen MR) is 83.2 cm³/mol. The molecule has 1 aromatic carbocycles. The lowest BCUT2D eigenvalue weighted by molar-refractivity contribution is 0.181. The molecule has 4 heteroatoms. The van der Waals surface area contributed by atoms with E-state index in [1.807, 2.05) is 18.3 Å². The maximum absolute atomic E-state index is 5.35. The van der Waals surface area contributed by atoms with Gasteiger partial charge in [0, 0.05) is 37.7 Å². The van der Waals surface area contributed by atoms with Crippen molar-refractivity contribution in [3.8, 4) is 5.75 Å². The van der Waals surface area contributed by atoms with E-state index in [1.54, 1.807) is 20.4 Å². The van der Waals surface area contributed by atoms with E-state index in [2.05, 4.69) is 35.4 Å². The van der Waals surface area contributed by atoms with E-state index >= 15 is 0 Å². The second kappa shape index (κ2) is 7.76. The van der Waals surface area contributed by atoms with Gasteiger partial charge in [-0.3, -0.25) is 4.98 Å². The molecule has 112 valence electrons. The van der Waals surface area contributed by atoms with E-state index in [-0.39, 0.29) is 6.04 Å². The van der Waals surface area contributed by atoms with Crippen LogP contribution in [0.1, 0.15) is 29.7 Å². The number of nitrogens with one attached hydrogen (secondary N) is 1. The van der Waals surface area contributed by atoms with E-state index in [1.165, 1.54) is 11.1 Å². The molecule has 0 amide bonds. The normalized spacial score (nSPS) is 12.1. The first-order chi connectivity index (χ1) is 10.2. The van der Waals surface area contributed by atoms with Gasteiger partial charge in [-0.1, -0.05) is 12.1 Å². The van der Waals surface area contributed by atoms with Gasteiger partial charge >= 0.3 is 0 Å². The van der Waals surface area contributed by atoms with Crippen LogP contribution in [0.3, 0.4) is 0 Å². The fourth-order valence-electron chi connectivity index (χ4n) is 2.23. The highest BCUT2D eigenvalue weighted by Crippen LogP contribution is 2.24. The summed E-state index contributed by atoms with van der Waals surface area (Å²) in [6.07, 6.45) is 3.66. The third-order valence-electron chi connectivity index (χ3n) is 3.44. The van der Waals surface area contributed by atoms with Crippen molar-refractivity contribution in [3.63, 3.8) is 0 Å². The third-order valence-corrected chi connectivity index (χ3v) is 3.44. The monoisotopic (exact) mass is 286 g/mol. The molecular formula is C17H22N2O2. The van der Waals surface area contributed by atoms with Crippen molar-refractivity contribution in [3.05, 3.63) is 59.4 Å². The molecule has 2 rings (SSSR count). The van der Waals surface area contributed by atoms with Crippen molar-refractivity contribution in [2.24, 2.45) is 0 Å². The fraction of sp³-hybridized carbons (Fsp3) is 0.353. The number of ether oxygens (including phenoxy) is 2. The molecule has 1 heterocycles. The lowest BCUT2D eigenvalue weighted by atomic mass is 10.0. The van der Waals surface area contributed by atoms with Crippen LogP contribution in [0.4, 0.5) is 0 Å². The standard InChI is InChI=1S/C17H22N2O2/c1-13(19-11-14-5-4-8-18-10-14)15-6-7-17(21-3)16(9-15)12-20-2/h4-10,13,19H,11-12H2,1-3H3. The third kappa shape index (κ3) is 4.28. The van der Waals surface area contributed by atoms with Crippen LogP contribution in [0.25, 0.3) is 0 Å². The fourth-order valence-corrected chi connectivity index (χ4v) is 2.23. The molecule has 1 atom stereocenters. The molecular weight excluding hydrogens is 264 g/mol. The maximum atomic E-state index is 5.35. The van der Waals surface area contributed by atoms with Crippen molar-refractivity contribution in [1.82, 2.24) is 10.3 Å². The summed E-state index contributed by atoms with van der Waals surface area (Å²) < 4.78 is 10.6. The molecule has 1 N–H and O–H groups in total. The van der Waals surface area contributed by atoms with Gasteiger partial charge < -0.3 is 14.8 Å². The average Bonchev–Trinajstić information content (AvgIpc) is 2.54. The van der Waals surface area contributed by atoms with Crippen LogP contribution in [0.15, 0.2) is 42.7 Å². The van der Waals surface area contributed by atoms with Gasteiger partial charge in [0.05, 0.1) is 13.7 Å². The Bertz CT molecular complexity index is 558. The zero-order chi connectivity index (χ0) is 15.1. The van der Waals surface area contributed by atoms with E-state index in [0.29, 0.717) is 6.61 Å². The Morgan fingerprint density at radius 2 is 2.10 bits per heavy atom. The first kappa shape index (κ1) is 15.5. The van der Waals surface area contributed by atoms with Crippen molar-refractivity contribution in [2.45, 2.75) is 26.1 Å². The summed E-state index contributed by atoms with van der Waals surface area (Å²) in [5.74, 6) is 0.861. The summed E-state index contributed by atoms with van der Waals surface area (Å²) in [6.45, 7) is 3.49. The number of hydrogen-bond acceptors (Lipinski definition) is 4. The number of pyridine rings is 1. The SMILES string of the molecule is COCc1cc(C(C)NCc2cccnc2)ccc1OC. The molecule has 4 nitrogen and oxygen atoms in total. The van der Waals surface area contributed by atoms with Crippen LogP contribution in [0.2, 0.25) is 0 Å². The number of hydrogen-bond donors (Lipinski definition) is 1. The first-order valence-corrected chi connectivity index (χ1v) is 7.02. The van der Waals surface area contributed by atoms with Crippen molar-refractivity contribution in [1.29, 1.82) is 0 Å². The average molecular weight is 286 g/mol. The first-order valence-electron chi connectivity index (χ1n) is 7.02. The minimum atomic E-state index is 0.242. The van der Waals surface area contributed by atoms with Crippen LogP contribution in [-0.4, -0.2) is 19.2 Å². The number of aromatic nitrogens is 1. The second-order valence-electron chi connectivity index (χ2n) is 4.97. The molecule has 2 aromatic rings. The van der Waals surface area contributed by atoms with Crippen LogP contribution in [0, 0.1) is 0 Å². The molecule has 21 heavy (non-hydrogen) atoms. The molecule has 1 unspecified atom stereocenters. The zero-order valence-corrected chi connectivity index (χ0v) is 12.8. The largest absolute Gasteiger partial charge is 0.496 e. The number of methoxy groups -OCH3 is 2. The van der Waals surface area contributed by atoms with Gasteiger partial charge in [-0.05, 0) is 36.2 Å². The summed E-state index contributed by atoms with van der Waals surface area (Å²) in [5, 5.41) is 3.50. The predicted octanol–water partition coefficient (Wildman–Crippen LogP) is 3.09. The topological polar surface area (TPSA) is 43.4 Å². The van der Waals surface area contributed by atoms with E-state index in [0.717, 1.165) is 17.9 Å². The molecule has 0 aliphatic heterocycles. The second-order valence-corrected chi connectivity index (χ2v) is 4.97. The Labute approximate surface area is 126 Å². The highest BCUT2D eigenvalue weighted by Gasteiger charge is 2.09. The van der Waals surface area contributed by atoms with Gasteiger partial charge in [0.15, 0.2) is 0 Å². The Morgan fingerprint density at radius 3 is 2.76 bits per heavy atom. The van der Waals surface area contributed by atoms with Gasteiger partial charge in [-0.25, -0.2) is 0 Å². The summed E-state index contributed by atoms with van der Waals surface area (Å²) in [7, 11) is 3.37. The van der Waals surface area contributed by atoms with Gasteiger partial charge in [0.25, 0.3) is 0 Å². The van der Waals surface area contributed by atoms with Crippen molar-refractivity contribution < 1.29 is 9.47 Å². The van der Waals surface area contributed by atoms with Gasteiger partial charge in [-0.15, -0.1) is 0 Å². The summed E-state index contributed by atoms with van der Waals surface area (Å²) in [5.41, 5.74) is 3.45. The van der Waals surface area contributed by atoms with Crippen molar-refractivity contribution in [2.75, 3.05) is 14.2 Å². The zero-order valence-electron chi connectivity index (χ0n) is 12.8. The van der Waals surface area contributed by atoms with Gasteiger partial charge in [-0.2, -0.15) is 0 Å². The Hall–Kier alpha value is -1.91. The minimum absolute atomic E-state index is 0.242. The Kier molecular flexibility index (Phi) is 5.72. The van der Waals surface area contributed by atoms with Crippen LogP contribution in [0.5, 0.6) is 5.75 Å². The summed E-state index contributed by atoms with van der Waals surface area (Å²) in [6, 6.07) is 10.5. The molecule has 0 aliphatic carbocycles. The molecule has 0 aliphatic rings. The summed E-state index contributed by atoms with van der Waals surface area (Å²) >= 11 is 0. The van der Waals surface area contributed by atoms with Gasteiger partial charge in [0.2, 0.25) is 0 Å². The highest BCUT2D eigenvalue weighted by molar-refractivity contribution is 5.38. The number of rotatable bonds is 7.